The van der Waals surface area contributed by atoms with E-state index in [-0.39, 0.29) is 18.7 Å². The average molecular weight is 289 g/mol. The molecule has 0 aromatic heterocycles. The summed E-state index contributed by atoms with van der Waals surface area (Å²) in [7, 11) is 0. The average Bonchev–Trinajstić information content (AvgIpc) is 3.22. The van der Waals surface area contributed by atoms with Crippen LogP contribution in [0.25, 0.3) is 0 Å². The van der Waals surface area contributed by atoms with Gasteiger partial charge in [-0.3, -0.25) is 4.79 Å². The second-order valence-corrected chi connectivity index (χ2v) is 5.33. The summed E-state index contributed by atoms with van der Waals surface area (Å²) in [5.41, 5.74) is 1.40. The molecule has 1 aromatic rings. The first-order valence-corrected chi connectivity index (χ1v) is 6.76. The van der Waals surface area contributed by atoms with Gasteiger partial charge in [-0.15, -0.1) is 0 Å². The number of ketones is 1. The lowest BCUT2D eigenvalue weighted by Gasteiger charge is -2.27. The van der Waals surface area contributed by atoms with Gasteiger partial charge in [-0.1, -0.05) is 5.16 Å². The topological polar surface area (TPSA) is 75.6 Å². The van der Waals surface area contributed by atoms with Crippen molar-refractivity contribution in [1.29, 1.82) is 0 Å². The van der Waals surface area contributed by atoms with Crippen LogP contribution in [-0.2, 0) is 19.1 Å². The Balaban J connectivity index is 1.54. The fourth-order valence-corrected chi connectivity index (χ4v) is 3.15. The van der Waals surface area contributed by atoms with Crippen LogP contribution in [-0.4, -0.2) is 43.4 Å². The number of carbonyl (C=O) groups is 1. The molecule has 4 aliphatic heterocycles. The quantitative estimate of drug-likeness (QED) is 0.747. The second-order valence-electron chi connectivity index (χ2n) is 5.33. The van der Waals surface area contributed by atoms with Gasteiger partial charge in [-0.05, 0) is 18.2 Å². The van der Waals surface area contributed by atoms with Crippen molar-refractivity contribution in [3.63, 3.8) is 0 Å². The smallest absolute Gasteiger partial charge is 0.231 e. The van der Waals surface area contributed by atoms with Crippen molar-refractivity contribution in [2.24, 2.45) is 11.1 Å². The molecule has 108 valence electrons. The molecule has 1 aromatic carbocycles. The normalized spacial score (nSPS) is 35.4. The number of fused-ring (bicyclic) bond motifs is 5. The zero-order chi connectivity index (χ0) is 14.0. The molecular formula is C14H11NO6. The minimum Gasteiger partial charge on any atom is -0.454 e. The Bertz CT molecular complexity index is 671. The van der Waals surface area contributed by atoms with Crippen LogP contribution in [0.3, 0.4) is 0 Å². The van der Waals surface area contributed by atoms with Crippen LogP contribution in [0.4, 0.5) is 0 Å². The number of oxime groups is 1. The molecule has 2 saturated heterocycles. The summed E-state index contributed by atoms with van der Waals surface area (Å²) in [5.74, 6) is 0.758. The summed E-state index contributed by atoms with van der Waals surface area (Å²) in [6.45, 7) is 0.570. The molecular weight excluding hydrogens is 278 g/mol. The maximum absolute atomic E-state index is 12.4. The van der Waals surface area contributed by atoms with E-state index < -0.39 is 18.3 Å². The lowest BCUT2D eigenvalue weighted by atomic mass is 9.85. The highest BCUT2D eigenvalue weighted by Crippen LogP contribution is 2.39. The van der Waals surface area contributed by atoms with Crippen LogP contribution in [0.5, 0.6) is 11.5 Å². The van der Waals surface area contributed by atoms with Crippen LogP contribution in [0.2, 0.25) is 0 Å². The minimum absolute atomic E-state index is 0.136. The van der Waals surface area contributed by atoms with Crippen LogP contribution >= 0.6 is 0 Å². The predicted molar refractivity (Wildman–Crippen MR) is 67.1 cm³/mol. The van der Waals surface area contributed by atoms with Crippen molar-refractivity contribution in [3.05, 3.63) is 23.8 Å². The third kappa shape index (κ3) is 1.50. The monoisotopic (exact) mass is 289 g/mol. The molecule has 0 unspecified atom stereocenters. The van der Waals surface area contributed by atoms with Gasteiger partial charge in [0.15, 0.2) is 17.6 Å². The highest BCUT2D eigenvalue weighted by atomic mass is 16.8. The third-order valence-electron chi connectivity index (χ3n) is 4.18. The lowest BCUT2D eigenvalue weighted by molar-refractivity contribution is -0.169. The van der Waals surface area contributed by atoms with Gasteiger partial charge in [0.1, 0.15) is 17.7 Å². The van der Waals surface area contributed by atoms with Gasteiger partial charge in [0.05, 0.1) is 6.61 Å². The van der Waals surface area contributed by atoms with Crippen LogP contribution < -0.4 is 9.47 Å². The molecule has 0 amide bonds. The molecule has 0 radical (unpaired) electrons. The Hall–Kier alpha value is -2.12. The Morgan fingerprint density at radius 3 is 3.05 bits per heavy atom. The minimum atomic E-state index is -0.794. The van der Waals surface area contributed by atoms with Gasteiger partial charge >= 0.3 is 0 Å². The van der Waals surface area contributed by atoms with E-state index in [4.69, 9.17) is 23.8 Å². The fourth-order valence-electron chi connectivity index (χ4n) is 3.15. The zero-order valence-corrected chi connectivity index (χ0v) is 10.9. The molecule has 0 aliphatic carbocycles. The van der Waals surface area contributed by atoms with Crippen molar-refractivity contribution < 1.29 is 28.6 Å². The molecule has 4 atom stereocenters. The summed E-state index contributed by atoms with van der Waals surface area (Å²) in [4.78, 5) is 17.8. The first kappa shape index (κ1) is 11.5. The highest BCUT2D eigenvalue weighted by molar-refractivity contribution is 6.16. The molecule has 7 nitrogen and oxygen atoms in total. The van der Waals surface area contributed by atoms with E-state index in [1.807, 2.05) is 18.2 Å². The van der Waals surface area contributed by atoms with Gasteiger partial charge in [0.25, 0.3) is 0 Å². The second kappa shape index (κ2) is 3.96. The fraction of sp³-hybridized carbons (Fsp3) is 0.429. The Labute approximate surface area is 119 Å². The molecule has 4 heterocycles. The van der Waals surface area contributed by atoms with Crippen molar-refractivity contribution in [2.45, 2.75) is 18.5 Å². The number of Topliss-reactive ketones (excluding diaryl/α,β-unsaturated/α-hetero) is 1. The third-order valence-corrected chi connectivity index (χ3v) is 4.18. The molecule has 7 heteroatoms. The number of rotatable bonds is 1. The van der Waals surface area contributed by atoms with E-state index in [9.17, 15) is 4.79 Å². The van der Waals surface area contributed by atoms with Crippen molar-refractivity contribution in [2.75, 3.05) is 13.4 Å². The summed E-state index contributed by atoms with van der Waals surface area (Å²) >= 11 is 0. The number of hydrogen-bond acceptors (Lipinski definition) is 7. The maximum atomic E-state index is 12.4. The largest absolute Gasteiger partial charge is 0.454 e. The molecule has 0 spiro atoms. The predicted octanol–water partition coefficient (Wildman–Crippen LogP) is 0.459. The van der Waals surface area contributed by atoms with E-state index >= 15 is 0 Å². The molecule has 0 saturated carbocycles. The van der Waals surface area contributed by atoms with Gasteiger partial charge < -0.3 is 23.8 Å². The lowest BCUT2D eigenvalue weighted by Crippen LogP contribution is -2.48. The zero-order valence-electron chi connectivity index (χ0n) is 10.9. The van der Waals surface area contributed by atoms with E-state index in [1.165, 1.54) is 0 Å². The van der Waals surface area contributed by atoms with Crippen LogP contribution in [0.15, 0.2) is 23.4 Å². The van der Waals surface area contributed by atoms with Crippen molar-refractivity contribution >= 4 is 11.5 Å². The summed E-state index contributed by atoms with van der Waals surface area (Å²) < 4.78 is 21.5. The molecule has 2 bridgehead atoms. The van der Waals surface area contributed by atoms with Gasteiger partial charge in [0.2, 0.25) is 18.9 Å². The van der Waals surface area contributed by atoms with E-state index in [2.05, 4.69) is 5.16 Å². The number of benzene rings is 1. The standard InChI is InChI=1S/C14H11NO6/c16-12-10-11(6-1-2-7-8(3-6)19-5-18-7)15-21-13(10)9-4-17-14(12)20-9/h1-3,9-10,13-14H,4-5H2/t9-,10+,13-,14+/m1/s1. The Morgan fingerprint density at radius 1 is 1.19 bits per heavy atom. The van der Waals surface area contributed by atoms with Gasteiger partial charge in [0, 0.05) is 5.56 Å². The van der Waals surface area contributed by atoms with Crippen LogP contribution in [0, 0.1) is 5.92 Å². The molecule has 4 aliphatic rings. The SMILES string of the molecule is O=C1[C@H]2OC[C@@H](O2)[C@H]2ON=C(c3ccc4c(c3)OCO4)[C@@H]12. The molecule has 2 fully saturated rings. The van der Waals surface area contributed by atoms with E-state index in [1.54, 1.807) is 0 Å². The maximum Gasteiger partial charge on any atom is 0.231 e. The number of carbonyl (C=O) groups excluding carboxylic acids is 1. The van der Waals surface area contributed by atoms with Crippen LogP contribution in [0.1, 0.15) is 5.56 Å². The first-order valence-electron chi connectivity index (χ1n) is 6.76. The highest BCUT2D eigenvalue weighted by Gasteiger charge is 2.56. The van der Waals surface area contributed by atoms with E-state index in [0.717, 1.165) is 5.56 Å². The molecule has 5 rings (SSSR count). The van der Waals surface area contributed by atoms with Gasteiger partial charge in [-0.2, -0.15) is 0 Å². The summed E-state index contributed by atoms with van der Waals surface area (Å²) in [5, 5.41) is 4.11. The van der Waals surface area contributed by atoms with Crippen molar-refractivity contribution in [1.82, 2.24) is 0 Å². The first-order chi connectivity index (χ1) is 10.3. The van der Waals surface area contributed by atoms with Gasteiger partial charge in [-0.25, -0.2) is 0 Å². The number of nitrogens with zero attached hydrogens (tertiary/aromatic N) is 1. The number of hydrogen-bond donors (Lipinski definition) is 0. The van der Waals surface area contributed by atoms with E-state index in [0.29, 0.717) is 23.8 Å². The molecule has 21 heavy (non-hydrogen) atoms. The Morgan fingerprint density at radius 2 is 2.10 bits per heavy atom. The Kier molecular flexibility index (Phi) is 2.17. The van der Waals surface area contributed by atoms with Crippen molar-refractivity contribution in [3.8, 4) is 11.5 Å². The molecule has 0 N–H and O–H groups in total. The summed E-state index contributed by atoms with van der Waals surface area (Å²) in [6, 6.07) is 5.48. The number of ether oxygens (including phenoxy) is 4. The summed E-state index contributed by atoms with van der Waals surface area (Å²) in [6.07, 6.45) is -1.44.